The number of piperidine rings is 1. The van der Waals surface area contributed by atoms with Gasteiger partial charge in [0.2, 0.25) is 0 Å². The standard InChI is InChI=1S/C8H15NS/c1-10-6-4-8-3-2-5-9-7-8/h4,6,8-9H,2-3,5,7H2,1H3/b6-4-. The second kappa shape index (κ2) is 4.80. The highest BCUT2D eigenvalue weighted by Gasteiger charge is 2.07. The smallest absolute Gasteiger partial charge is 0.00145 e. The van der Waals surface area contributed by atoms with Crippen molar-refractivity contribution >= 4 is 11.8 Å². The van der Waals surface area contributed by atoms with E-state index in [2.05, 4.69) is 23.1 Å². The van der Waals surface area contributed by atoms with Gasteiger partial charge in [-0.3, -0.25) is 0 Å². The molecule has 0 amide bonds. The molecule has 1 N–H and O–H groups in total. The number of hydrogen-bond acceptors (Lipinski definition) is 2. The second-order valence-electron chi connectivity index (χ2n) is 2.67. The maximum atomic E-state index is 3.38. The molecule has 0 aromatic carbocycles. The summed E-state index contributed by atoms with van der Waals surface area (Å²) in [7, 11) is 0. The third-order valence-electron chi connectivity index (χ3n) is 1.82. The van der Waals surface area contributed by atoms with Gasteiger partial charge in [-0.15, -0.1) is 11.8 Å². The lowest BCUT2D eigenvalue weighted by atomic mass is 10.0. The van der Waals surface area contributed by atoms with Crippen LogP contribution >= 0.6 is 11.8 Å². The van der Waals surface area contributed by atoms with Crippen LogP contribution in [-0.2, 0) is 0 Å². The molecule has 58 valence electrons. The van der Waals surface area contributed by atoms with Crippen LogP contribution in [0.2, 0.25) is 0 Å². The molecule has 0 radical (unpaired) electrons. The Kier molecular flexibility index (Phi) is 3.91. The van der Waals surface area contributed by atoms with Crippen molar-refractivity contribution in [2.24, 2.45) is 5.92 Å². The van der Waals surface area contributed by atoms with Gasteiger partial charge in [0.25, 0.3) is 0 Å². The molecule has 0 bridgehead atoms. The molecule has 1 nitrogen and oxygen atoms in total. The molecule has 0 saturated carbocycles. The van der Waals surface area contributed by atoms with Crippen LogP contribution in [-0.4, -0.2) is 19.3 Å². The number of nitrogens with one attached hydrogen (secondary N) is 1. The van der Waals surface area contributed by atoms with Crippen LogP contribution in [0.4, 0.5) is 0 Å². The molecular formula is C8H15NS. The maximum Gasteiger partial charge on any atom is 0.00145 e. The Bertz CT molecular complexity index is 106. The highest BCUT2D eigenvalue weighted by molar-refractivity contribution is 8.01. The van der Waals surface area contributed by atoms with E-state index in [1.54, 1.807) is 11.8 Å². The summed E-state index contributed by atoms with van der Waals surface area (Å²) in [5, 5.41) is 5.58. The van der Waals surface area contributed by atoms with Gasteiger partial charge >= 0.3 is 0 Å². The molecule has 0 spiro atoms. The van der Waals surface area contributed by atoms with Gasteiger partial charge in [-0.05, 0) is 37.0 Å². The lowest BCUT2D eigenvalue weighted by molar-refractivity contribution is 0.439. The Balaban J connectivity index is 2.19. The first-order valence-corrected chi connectivity index (χ1v) is 5.12. The Labute approximate surface area is 67.3 Å². The molecule has 1 fully saturated rings. The van der Waals surface area contributed by atoms with E-state index in [0.717, 1.165) is 5.92 Å². The SMILES string of the molecule is CS/C=C\C1CCCNC1. The van der Waals surface area contributed by atoms with Gasteiger partial charge in [0, 0.05) is 6.54 Å². The molecular weight excluding hydrogens is 142 g/mol. The molecule has 2 heteroatoms. The van der Waals surface area contributed by atoms with Gasteiger partial charge in [-0.1, -0.05) is 6.08 Å². The Hall–Kier alpha value is 0.0500. The van der Waals surface area contributed by atoms with Crippen LogP contribution in [0.5, 0.6) is 0 Å². The Morgan fingerprint density at radius 1 is 1.60 bits per heavy atom. The van der Waals surface area contributed by atoms with E-state index in [-0.39, 0.29) is 0 Å². The van der Waals surface area contributed by atoms with Crippen molar-refractivity contribution < 1.29 is 0 Å². The number of hydrogen-bond donors (Lipinski definition) is 1. The van der Waals surface area contributed by atoms with Crippen molar-refractivity contribution in [3.8, 4) is 0 Å². The minimum atomic E-state index is 0.793. The highest BCUT2D eigenvalue weighted by atomic mass is 32.2. The third kappa shape index (κ3) is 2.76. The normalized spacial score (nSPS) is 27.5. The first-order chi connectivity index (χ1) is 4.93. The van der Waals surface area contributed by atoms with Crippen LogP contribution in [0.15, 0.2) is 11.5 Å². The van der Waals surface area contributed by atoms with E-state index in [0.29, 0.717) is 0 Å². The number of rotatable bonds is 2. The van der Waals surface area contributed by atoms with Crippen molar-refractivity contribution in [1.82, 2.24) is 5.32 Å². The van der Waals surface area contributed by atoms with Gasteiger partial charge < -0.3 is 5.32 Å². The Morgan fingerprint density at radius 3 is 3.10 bits per heavy atom. The fraction of sp³-hybridized carbons (Fsp3) is 0.750. The number of thioether (sulfide) groups is 1. The molecule has 1 unspecified atom stereocenters. The molecule has 1 aliphatic heterocycles. The zero-order valence-electron chi connectivity index (χ0n) is 6.47. The lowest BCUT2D eigenvalue weighted by Crippen LogP contribution is -2.28. The van der Waals surface area contributed by atoms with Crippen molar-refractivity contribution in [1.29, 1.82) is 0 Å². The minimum Gasteiger partial charge on any atom is -0.316 e. The van der Waals surface area contributed by atoms with Crippen LogP contribution < -0.4 is 5.32 Å². The first kappa shape index (κ1) is 8.15. The zero-order chi connectivity index (χ0) is 7.23. The fourth-order valence-corrected chi connectivity index (χ4v) is 1.61. The van der Waals surface area contributed by atoms with Gasteiger partial charge in [0.05, 0.1) is 0 Å². The molecule has 1 aliphatic rings. The van der Waals surface area contributed by atoms with Crippen LogP contribution in [0.3, 0.4) is 0 Å². The summed E-state index contributed by atoms with van der Waals surface area (Å²) in [6.07, 6.45) is 7.12. The van der Waals surface area contributed by atoms with Crippen molar-refractivity contribution in [2.45, 2.75) is 12.8 Å². The predicted octanol–water partition coefficient (Wildman–Crippen LogP) is 1.86. The largest absolute Gasteiger partial charge is 0.316 e. The molecule has 1 heterocycles. The molecule has 0 aromatic heterocycles. The summed E-state index contributed by atoms with van der Waals surface area (Å²) in [6.45, 7) is 2.39. The van der Waals surface area contributed by atoms with Gasteiger partial charge in [-0.25, -0.2) is 0 Å². The molecule has 0 aromatic rings. The molecule has 1 rings (SSSR count). The van der Waals surface area contributed by atoms with Crippen LogP contribution in [0.25, 0.3) is 0 Å². The summed E-state index contributed by atoms with van der Waals surface area (Å²) in [6, 6.07) is 0. The van der Waals surface area contributed by atoms with Gasteiger partial charge in [-0.2, -0.15) is 0 Å². The maximum absolute atomic E-state index is 3.38. The molecule has 1 saturated heterocycles. The Morgan fingerprint density at radius 2 is 2.50 bits per heavy atom. The van der Waals surface area contributed by atoms with Crippen molar-refractivity contribution in [2.75, 3.05) is 19.3 Å². The summed E-state index contributed by atoms with van der Waals surface area (Å²) in [5.41, 5.74) is 0. The molecule has 0 aliphatic carbocycles. The average molecular weight is 157 g/mol. The van der Waals surface area contributed by atoms with Crippen molar-refractivity contribution in [3.63, 3.8) is 0 Å². The summed E-state index contributed by atoms with van der Waals surface area (Å²) >= 11 is 1.79. The summed E-state index contributed by atoms with van der Waals surface area (Å²) in [4.78, 5) is 0. The second-order valence-corrected chi connectivity index (χ2v) is 3.41. The topological polar surface area (TPSA) is 12.0 Å². The van der Waals surface area contributed by atoms with E-state index >= 15 is 0 Å². The fourth-order valence-electron chi connectivity index (χ4n) is 1.23. The zero-order valence-corrected chi connectivity index (χ0v) is 7.29. The summed E-state index contributed by atoms with van der Waals surface area (Å²) < 4.78 is 0. The van der Waals surface area contributed by atoms with E-state index in [1.165, 1.54) is 25.9 Å². The van der Waals surface area contributed by atoms with E-state index < -0.39 is 0 Å². The quantitative estimate of drug-likeness (QED) is 0.656. The molecule has 1 atom stereocenters. The molecule has 10 heavy (non-hydrogen) atoms. The predicted molar refractivity (Wildman–Crippen MR) is 48.2 cm³/mol. The van der Waals surface area contributed by atoms with Gasteiger partial charge in [0.1, 0.15) is 0 Å². The monoisotopic (exact) mass is 157 g/mol. The summed E-state index contributed by atoms with van der Waals surface area (Å²) in [5.74, 6) is 0.793. The van der Waals surface area contributed by atoms with Crippen molar-refractivity contribution in [3.05, 3.63) is 11.5 Å². The third-order valence-corrected chi connectivity index (χ3v) is 2.25. The van der Waals surface area contributed by atoms with Crippen LogP contribution in [0, 0.1) is 5.92 Å². The van der Waals surface area contributed by atoms with E-state index in [4.69, 9.17) is 0 Å². The van der Waals surface area contributed by atoms with E-state index in [9.17, 15) is 0 Å². The van der Waals surface area contributed by atoms with Gasteiger partial charge in [0.15, 0.2) is 0 Å². The van der Waals surface area contributed by atoms with Crippen LogP contribution in [0.1, 0.15) is 12.8 Å². The lowest BCUT2D eigenvalue weighted by Gasteiger charge is -2.18. The minimum absolute atomic E-state index is 0.793. The average Bonchev–Trinajstić information content (AvgIpc) is 2.03. The van der Waals surface area contributed by atoms with E-state index in [1.807, 2.05) is 0 Å². The highest BCUT2D eigenvalue weighted by Crippen LogP contribution is 2.12. The first-order valence-electron chi connectivity index (χ1n) is 3.83.